The summed E-state index contributed by atoms with van der Waals surface area (Å²) in [7, 11) is 1.77. The van der Waals surface area contributed by atoms with E-state index in [1.165, 1.54) is 64.2 Å². The fraction of sp³-hybridized carbons (Fsp3) is 1.00. The van der Waals surface area contributed by atoms with Crippen molar-refractivity contribution in [3.63, 3.8) is 0 Å². The van der Waals surface area contributed by atoms with E-state index < -0.39 is 0 Å². The third-order valence-corrected chi connectivity index (χ3v) is 4.24. The van der Waals surface area contributed by atoms with Gasteiger partial charge in [0.1, 0.15) is 0 Å². The lowest BCUT2D eigenvalue weighted by atomic mass is 10.0. The highest BCUT2D eigenvalue weighted by Gasteiger charge is 2.17. The predicted octanol–water partition coefficient (Wildman–Crippen LogP) is 4.55. The highest BCUT2D eigenvalue weighted by molar-refractivity contribution is 4.73. The van der Waals surface area contributed by atoms with Gasteiger partial charge in [-0.05, 0) is 12.8 Å². The number of rotatable bonds is 15. The minimum absolute atomic E-state index is 0.249. The van der Waals surface area contributed by atoms with Gasteiger partial charge in [-0.25, -0.2) is 0 Å². The summed E-state index contributed by atoms with van der Waals surface area (Å²) in [6.07, 6.45) is 16.2. The third-order valence-electron chi connectivity index (χ3n) is 4.24. The average molecular weight is 287 g/mol. The highest BCUT2D eigenvalue weighted by atomic mass is 16.5. The molecule has 20 heavy (non-hydrogen) atoms. The molecule has 0 aliphatic carbocycles. The summed E-state index contributed by atoms with van der Waals surface area (Å²) < 4.78 is 5.45. The first-order valence-corrected chi connectivity index (χ1v) is 8.79. The molecule has 0 aromatic carbocycles. The van der Waals surface area contributed by atoms with Crippen LogP contribution in [0.4, 0.5) is 0 Å². The number of methoxy groups -OCH3 is 1. The van der Waals surface area contributed by atoms with Crippen molar-refractivity contribution in [2.45, 2.75) is 103 Å². The Hall–Kier alpha value is -0.120. The molecule has 0 fully saturated rings. The monoisotopic (exact) mass is 286 g/mol. The topological polar surface area (TPSA) is 47.3 Å². The average Bonchev–Trinajstić information content (AvgIpc) is 2.48. The minimum Gasteiger partial charge on any atom is -0.380 e. The first-order chi connectivity index (χ1) is 9.79. The molecule has 0 aromatic rings. The van der Waals surface area contributed by atoms with Gasteiger partial charge in [-0.3, -0.25) is 11.3 Å². The largest absolute Gasteiger partial charge is 0.380 e. The minimum atomic E-state index is 0.249. The van der Waals surface area contributed by atoms with Crippen LogP contribution in [-0.2, 0) is 4.74 Å². The van der Waals surface area contributed by atoms with Crippen LogP contribution in [0.1, 0.15) is 90.9 Å². The van der Waals surface area contributed by atoms with E-state index in [1.54, 1.807) is 7.11 Å². The molecule has 3 heteroatoms. The summed E-state index contributed by atoms with van der Waals surface area (Å²) in [6, 6.07) is 0.305. The third kappa shape index (κ3) is 10.6. The van der Waals surface area contributed by atoms with E-state index >= 15 is 0 Å². The second kappa shape index (κ2) is 15.3. The van der Waals surface area contributed by atoms with Crippen molar-refractivity contribution in [3.05, 3.63) is 0 Å². The molecule has 3 N–H and O–H groups in total. The molecule has 0 saturated heterocycles. The van der Waals surface area contributed by atoms with Gasteiger partial charge in [-0.2, -0.15) is 0 Å². The molecule has 0 aliphatic heterocycles. The number of nitrogens with one attached hydrogen (secondary N) is 1. The van der Waals surface area contributed by atoms with Gasteiger partial charge in [-0.15, -0.1) is 0 Å². The normalized spacial score (nSPS) is 14.4. The van der Waals surface area contributed by atoms with Crippen LogP contribution in [0.15, 0.2) is 0 Å². The maximum Gasteiger partial charge on any atom is 0.0735 e. The van der Waals surface area contributed by atoms with E-state index in [9.17, 15) is 0 Å². The first kappa shape index (κ1) is 19.9. The molecule has 2 unspecified atom stereocenters. The van der Waals surface area contributed by atoms with Crippen molar-refractivity contribution in [3.8, 4) is 0 Å². The first-order valence-electron chi connectivity index (χ1n) is 8.79. The maximum atomic E-state index is 5.62. The van der Waals surface area contributed by atoms with Crippen LogP contribution in [0, 0.1) is 0 Å². The molecule has 0 spiro atoms. The van der Waals surface area contributed by atoms with Crippen molar-refractivity contribution in [2.75, 3.05) is 7.11 Å². The number of ether oxygens (including phenoxy) is 1. The molecule has 122 valence electrons. The van der Waals surface area contributed by atoms with Crippen LogP contribution >= 0.6 is 0 Å². The number of nitrogens with two attached hydrogens (primary N) is 1. The zero-order valence-corrected chi connectivity index (χ0v) is 14.1. The Kier molecular flexibility index (Phi) is 15.2. The predicted molar refractivity (Wildman–Crippen MR) is 88.7 cm³/mol. The fourth-order valence-corrected chi connectivity index (χ4v) is 2.84. The Balaban J connectivity index is 3.37. The lowest BCUT2D eigenvalue weighted by Gasteiger charge is -2.24. The molecule has 0 aliphatic rings. The van der Waals surface area contributed by atoms with Crippen molar-refractivity contribution in [2.24, 2.45) is 5.84 Å². The van der Waals surface area contributed by atoms with Crippen LogP contribution in [-0.4, -0.2) is 19.3 Å². The smallest absolute Gasteiger partial charge is 0.0735 e. The fourth-order valence-electron chi connectivity index (χ4n) is 2.84. The van der Waals surface area contributed by atoms with Crippen LogP contribution in [0.3, 0.4) is 0 Å². The standard InChI is InChI=1S/C17H38N2O/c1-4-6-7-8-9-10-11-12-13-14-15-16(19-18)17(5-2)20-3/h16-17,19H,4-15,18H2,1-3H3. The maximum absolute atomic E-state index is 5.62. The second-order valence-electron chi connectivity index (χ2n) is 5.93. The molecule has 0 amide bonds. The summed E-state index contributed by atoms with van der Waals surface area (Å²) >= 11 is 0. The Morgan fingerprint density at radius 3 is 1.75 bits per heavy atom. The van der Waals surface area contributed by atoms with Gasteiger partial charge >= 0.3 is 0 Å². The van der Waals surface area contributed by atoms with Gasteiger partial charge < -0.3 is 4.74 Å². The van der Waals surface area contributed by atoms with Gasteiger partial charge in [0.15, 0.2) is 0 Å². The van der Waals surface area contributed by atoms with E-state index in [4.69, 9.17) is 10.6 Å². The van der Waals surface area contributed by atoms with E-state index in [1.807, 2.05) is 0 Å². The number of unbranched alkanes of at least 4 members (excludes halogenated alkanes) is 9. The molecule has 0 heterocycles. The number of hydrazine groups is 1. The van der Waals surface area contributed by atoms with Crippen molar-refractivity contribution >= 4 is 0 Å². The summed E-state index contributed by atoms with van der Waals surface area (Å²) in [5.41, 5.74) is 2.91. The van der Waals surface area contributed by atoms with Gasteiger partial charge in [0.25, 0.3) is 0 Å². The molecular formula is C17H38N2O. The summed E-state index contributed by atoms with van der Waals surface area (Å²) in [5.74, 6) is 5.62. The Morgan fingerprint density at radius 2 is 1.35 bits per heavy atom. The quantitative estimate of drug-likeness (QED) is 0.264. The summed E-state index contributed by atoms with van der Waals surface area (Å²) in [5, 5.41) is 0. The van der Waals surface area contributed by atoms with E-state index in [2.05, 4.69) is 19.3 Å². The van der Waals surface area contributed by atoms with Gasteiger partial charge in [-0.1, -0.05) is 78.1 Å². The molecule has 3 nitrogen and oxygen atoms in total. The van der Waals surface area contributed by atoms with Gasteiger partial charge in [0.05, 0.1) is 6.10 Å². The lowest BCUT2D eigenvalue weighted by Crippen LogP contribution is -2.44. The van der Waals surface area contributed by atoms with E-state index in [0.717, 1.165) is 12.8 Å². The summed E-state index contributed by atoms with van der Waals surface area (Å²) in [4.78, 5) is 0. The zero-order chi connectivity index (χ0) is 15.1. The Labute approximate surface area is 127 Å². The van der Waals surface area contributed by atoms with Crippen LogP contribution in [0.2, 0.25) is 0 Å². The Bertz CT molecular complexity index is 184. The highest BCUT2D eigenvalue weighted by Crippen LogP contribution is 2.14. The van der Waals surface area contributed by atoms with E-state index in [0.29, 0.717) is 6.04 Å². The van der Waals surface area contributed by atoms with Crippen molar-refractivity contribution in [1.82, 2.24) is 5.43 Å². The number of hydrogen-bond acceptors (Lipinski definition) is 3. The summed E-state index contributed by atoms with van der Waals surface area (Å²) in [6.45, 7) is 4.42. The lowest BCUT2D eigenvalue weighted by molar-refractivity contribution is 0.0616. The number of hydrogen-bond donors (Lipinski definition) is 2. The van der Waals surface area contributed by atoms with Crippen LogP contribution in [0.25, 0.3) is 0 Å². The molecule has 0 aromatic heterocycles. The molecule has 0 rings (SSSR count). The molecular weight excluding hydrogens is 248 g/mol. The van der Waals surface area contributed by atoms with Crippen LogP contribution < -0.4 is 11.3 Å². The zero-order valence-electron chi connectivity index (χ0n) is 14.1. The van der Waals surface area contributed by atoms with Crippen LogP contribution in [0.5, 0.6) is 0 Å². The van der Waals surface area contributed by atoms with E-state index in [-0.39, 0.29) is 6.10 Å². The van der Waals surface area contributed by atoms with Crippen molar-refractivity contribution in [1.29, 1.82) is 0 Å². The molecule has 2 atom stereocenters. The molecule has 0 saturated carbocycles. The molecule has 0 radical (unpaired) electrons. The van der Waals surface area contributed by atoms with Gasteiger partial charge in [0.2, 0.25) is 0 Å². The van der Waals surface area contributed by atoms with Crippen molar-refractivity contribution < 1.29 is 4.74 Å². The Morgan fingerprint density at radius 1 is 0.850 bits per heavy atom. The van der Waals surface area contributed by atoms with Gasteiger partial charge in [0, 0.05) is 13.2 Å². The molecule has 0 bridgehead atoms. The second-order valence-corrected chi connectivity index (χ2v) is 5.93. The SMILES string of the molecule is CCCCCCCCCCCCC(NN)C(CC)OC.